The highest BCUT2D eigenvalue weighted by molar-refractivity contribution is 6.07. The molecule has 3 aromatic rings. The number of Topliss-reactive ketones (excluding diaryl/α,β-unsaturated/α-hetero) is 1. The van der Waals surface area contributed by atoms with E-state index in [4.69, 9.17) is 4.74 Å². The van der Waals surface area contributed by atoms with E-state index in [0.29, 0.717) is 28.1 Å². The van der Waals surface area contributed by atoms with Crippen LogP contribution in [0.5, 0.6) is 5.75 Å². The largest absolute Gasteiger partial charge is 0.497 e. The predicted molar refractivity (Wildman–Crippen MR) is 93.7 cm³/mol. The molecule has 0 amide bonds. The van der Waals surface area contributed by atoms with Gasteiger partial charge in [0.25, 0.3) is 0 Å². The number of fused-ring (bicyclic) bond motifs is 1. The van der Waals surface area contributed by atoms with Crippen LogP contribution < -0.4 is 4.74 Å². The van der Waals surface area contributed by atoms with Crippen molar-refractivity contribution in [3.05, 3.63) is 95.3 Å². The summed E-state index contributed by atoms with van der Waals surface area (Å²) in [6.07, 6.45) is 1.64. The summed E-state index contributed by atoms with van der Waals surface area (Å²) in [7, 11) is 1.59. The Labute approximate surface area is 145 Å². The van der Waals surface area contributed by atoms with Gasteiger partial charge in [0.2, 0.25) is 0 Å². The van der Waals surface area contributed by atoms with Gasteiger partial charge in [-0.2, -0.15) is 0 Å². The van der Waals surface area contributed by atoms with Gasteiger partial charge in [0.15, 0.2) is 5.78 Å². The zero-order valence-electron chi connectivity index (χ0n) is 13.7. The second-order valence-corrected chi connectivity index (χ2v) is 6.09. The van der Waals surface area contributed by atoms with E-state index >= 15 is 0 Å². The highest BCUT2D eigenvalue weighted by Crippen LogP contribution is 2.50. The molecule has 2 atom stereocenters. The van der Waals surface area contributed by atoms with E-state index in [-0.39, 0.29) is 5.78 Å². The van der Waals surface area contributed by atoms with Crippen molar-refractivity contribution in [3.8, 4) is 5.75 Å². The molecular weight excluding hydrogens is 314 g/mol. The van der Waals surface area contributed by atoms with Crippen LogP contribution in [-0.4, -0.2) is 23.0 Å². The molecule has 1 N–H and O–H groups in total. The first-order valence-corrected chi connectivity index (χ1v) is 8.08. The predicted octanol–water partition coefficient (Wildman–Crippen LogP) is 3.31. The number of hydrogen-bond donors (Lipinski definition) is 1. The Balaban J connectivity index is 1.95. The zero-order chi connectivity index (χ0) is 17.4. The molecule has 4 rings (SSSR count). The SMILES string of the molecule is COc1ccc(C2(O)c3ccccc3C(=O)C2c2ccccn2)cc1. The number of rotatable bonds is 3. The number of carbonyl (C=O) groups is 1. The minimum atomic E-state index is -1.46. The molecule has 1 heterocycles. The topological polar surface area (TPSA) is 59.4 Å². The normalized spacial score (nSPS) is 21.8. The van der Waals surface area contributed by atoms with Gasteiger partial charge in [-0.15, -0.1) is 0 Å². The maximum absolute atomic E-state index is 13.1. The fourth-order valence-corrected chi connectivity index (χ4v) is 3.59. The lowest BCUT2D eigenvalue weighted by Gasteiger charge is -2.30. The van der Waals surface area contributed by atoms with Crippen molar-refractivity contribution >= 4 is 5.78 Å². The summed E-state index contributed by atoms with van der Waals surface area (Å²) < 4.78 is 5.21. The third-order valence-corrected chi connectivity index (χ3v) is 4.80. The van der Waals surface area contributed by atoms with E-state index in [9.17, 15) is 9.90 Å². The van der Waals surface area contributed by atoms with Crippen molar-refractivity contribution in [2.45, 2.75) is 11.5 Å². The van der Waals surface area contributed by atoms with E-state index in [0.717, 1.165) is 0 Å². The molecule has 0 spiro atoms. The molecule has 4 heteroatoms. The first kappa shape index (κ1) is 15.5. The van der Waals surface area contributed by atoms with Gasteiger partial charge in [-0.05, 0) is 35.4 Å². The van der Waals surface area contributed by atoms with Gasteiger partial charge in [-0.25, -0.2) is 0 Å². The van der Waals surface area contributed by atoms with Gasteiger partial charge >= 0.3 is 0 Å². The van der Waals surface area contributed by atoms with Crippen molar-refractivity contribution in [1.82, 2.24) is 4.98 Å². The fourth-order valence-electron chi connectivity index (χ4n) is 3.59. The first-order chi connectivity index (χ1) is 12.2. The minimum Gasteiger partial charge on any atom is -0.497 e. The summed E-state index contributed by atoms with van der Waals surface area (Å²) in [5.41, 5.74) is 0.885. The Morgan fingerprint density at radius 1 is 1.00 bits per heavy atom. The van der Waals surface area contributed by atoms with Crippen molar-refractivity contribution < 1.29 is 14.6 Å². The number of carbonyl (C=O) groups excluding carboxylic acids is 1. The van der Waals surface area contributed by atoms with Crippen LogP contribution in [0.15, 0.2) is 72.9 Å². The number of aliphatic hydroxyl groups is 1. The third kappa shape index (κ3) is 2.26. The van der Waals surface area contributed by atoms with E-state index in [1.54, 1.807) is 61.8 Å². The summed E-state index contributed by atoms with van der Waals surface area (Å²) in [4.78, 5) is 17.4. The summed E-state index contributed by atoms with van der Waals surface area (Å²) >= 11 is 0. The van der Waals surface area contributed by atoms with Crippen LogP contribution in [0.4, 0.5) is 0 Å². The maximum Gasteiger partial charge on any atom is 0.175 e. The van der Waals surface area contributed by atoms with Gasteiger partial charge in [0.1, 0.15) is 17.3 Å². The van der Waals surface area contributed by atoms with Crippen LogP contribution in [0.2, 0.25) is 0 Å². The first-order valence-electron chi connectivity index (χ1n) is 8.08. The van der Waals surface area contributed by atoms with Gasteiger partial charge in [-0.1, -0.05) is 42.5 Å². The van der Waals surface area contributed by atoms with Crippen molar-refractivity contribution in [1.29, 1.82) is 0 Å². The Hall–Kier alpha value is -2.98. The van der Waals surface area contributed by atoms with Crippen molar-refractivity contribution in [2.24, 2.45) is 0 Å². The average molecular weight is 331 g/mol. The molecule has 0 aliphatic heterocycles. The monoisotopic (exact) mass is 331 g/mol. The van der Waals surface area contributed by atoms with Gasteiger partial charge in [0, 0.05) is 11.8 Å². The molecule has 0 fully saturated rings. The molecule has 0 saturated heterocycles. The van der Waals surface area contributed by atoms with Crippen LogP contribution in [-0.2, 0) is 5.60 Å². The molecule has 2 unspecified atom stereocenters. The number of methoxy groups -OCH3 is 1. The van der Waals surface area contributed by atoms with E-state index in [2.05, 4.69) is 4.98 Å². The van der Waals surface area contributed by atoms with Crippen LogP contribution in [0.1, 0.15) is 33.1 Å². The number of ether oxygens (including phenoxy) is 1. The molecule has 0 radical (unpaired) electrons. The number of pyridine rings is 1. The molecule has 4 nitrogen and oxygen atoms in total. The lowest BCUT2D eigenvalue weighted by atomic mass is 9.79. The number of hydrogen-bond acceptors (Lipinski definition) is 4. The van der Waals surface area contributed by atoms with E-state index in [1.807, 2.05) is 18.2 Å². The highest BCUT2D eigenvalue weighted by Gasteiger charge is 2.53. The molecule has 0 bridgehead atoms. The highest BCUT2D eigenvalue weighted by atomic mass is 16.5. The van der Waals surface area contributed by atoms with Crippen LogP contribution >= 0.6 is 0 Å². The van der Waals surface area contributed by atoms with E-state index < -0.39 is 11.5 Å². The molecule has 2 aromatic carbocycles. The number of ketones is 1. The summed E-state index contributed by atoms with van der Waals surface area (Å²) in [6, 6.07) is 19.8. The lowest BCUT2D eigenvalue weighted by Crippen LogP contribution is -2.33. The van der Waals surface area contributed by atoms with E-state index in [1.165, 1.54) is 0 Å². The second kappa shape index (κ2) is 5.83. The van der Waals surface area contributed by atoms with Gasteiger partial charge in [0.05, 0.1) is 12.8 Å². The van der Waals surface area contributed by atoms with Crippen molar-refractivity contribution in [2.75, 3.05) is 7.11 Å². The average Bonchev–Trinajstić information content (AvgIpc) is 2.91. The van der Waals surface area contributed by atoms with Gasteiger partial charge in [-0.3, -0.25) is 9.78 Å². The number of benzene rings is 2. The Morgan fingerprint density at radius 2 is 1.72 bits per heavy atom. The second-order valence-electron chi connectivity index (χ2n) is 6.09. The molecule has 1 aliphatic rings. The lowest BCUT2D eigenvalue weighted by molar-refractivity contribution is 0.0523. The molecule has 0 saturated carbocycles. The maximum atomic E-state index is 13.1. The third-order valence-electron chi connectivity index (χ3n) is 4.80. The number of nitrogens with zero attached hydrogens (tertiary/aromatic N) is 1. The van der Waals surface area contributed by atoms with Gasteiger partial charge < -0.3 is 9.84 Å². The molecule has 25 heavy (non-hydrogen) atoms. The standard InChI is InChI=1S/C21H17NO3/c1-25-15-11-9-14(10-12-15)21(24)17-7-3-2-6-16(17)20(23)19(21)18-8-4-5-13-22-18/h2-13,19,24H,1H3. The molecule has 1 aromatic heterocycles. The smallest absolute Gasteiger partial charge is 0.175 e. The fraction of sp³-hybridized carbons (Fsp3) is 0.143. The summed E-state index contributed by atoms with van der Waals surface area (Å²) in [5, 5.41) is 11.8. The van der Waals surface area contributed by atoms with Crippen molar-refractivity contribution in [3.63, 3.8) is 0 Å². The Kier molecular flexibility index (Phi) is 3.62. The number of aromatic nitrogens is 1. The zero-order valence-corrected chi connectivity index (χ0v) is 13.7. The quantitative estimate of drug-likeness (QED) is 0.800. The van der Waals surface area contributed by atoms with Crippen LogP contribution in [0, 0.1) is 0 Å². The molecule has 124 valence electrons. The Morgan fingerprint density at radius 3 is 2.40 bits per heavy atom. The summed E-state index contributed by atoms with van der Waals surface area (Å²) in [6.45, 7) is 0. The summed E-state index contributed by atoms with van der Waals surface area (Å²) in [5.74, 6) is -0.202. The van der Waals surface area contributed by atoms with Crippen LogP contribution in [0.25, 0.3) is 0 Å². The Bertz CT molecular complexity index is 921. The minimum absolute atomic E-state index is 0.118. The van der Waals surface area contributed by atoms with Crippen LogP contribution in [0.3, 0.4) is 0 Å². The molecular formula is C21H17NO3. The molecule has 1 aliphatic carbocycles.